The summed E-state index contributed by atoms with van der Waals surface area (Å²) in [6.45, 7) is 0. The number of pyridine rings is 1. The molecule has 0 saturated heterocycles. The summed E-state index contributed by atoms with van der Waals surface area (Å²) in [6.07, 6.45) is -2.08. The third-order valence-corrected chi connectivity index (χ3v) is 3.72. The molecule has 88 valence electrons. The van der Waals surface area contributed by atoms with Crippen LogP contribution >= 0.6 is 38.5 Å². The monoisotopic (exact) mass is 405 g/mol. The lowest BCUT2D eigenvalue weighted by atomic mass is 10.1. The summed E-state index contributed by atoms with van der Waals surface area (Å²) in [5, 5.41) is 9.08. The first kappa shape index (κ1) is 13.8. The van der Waals surface area contributed by atoms with Crippen molar-refractivity contribution in [2.75, 3.05) is 0 Å². The normalized spacial score (nSPS) is 10.8. The fourth-order valence-electron chi connectivity index (χ4n) is 1.20. The van der Waals surface area contributed by atoms with Gasteiger partial charge in [0, 0.05) is 20.7 Å². The van der Waals surface area contributed by atoms with E-state index in [9.17, 15) is 13.6 Å². The van der Waals surface area contributed by atoms with Gasteiger partial charge in [0.2, 0.25) is 0 Å². The van der Waals surface area contributed by atoms with Gasteiger partial charge in [-0.25, -0.2) is 8.78 Å². The molecule has 0 fully saturated rings. The zero-order valence-corrected chi connectivity index (χ0v) is 11.6. The maximum atomic E-state index is 12.6. The third kappa shape index (κ3) is 3.09. The molecule has 0 atom stereocenters. The van der Waals surface area contributed by atoms with Gasteiger partial charge in [0.1, 0.15) is 0 Å². The van der Waals surface area contributed by atoms with Crippen LogP contribution in [0, 0.1) is 3.57 Å². The van der Waals surface area contributed by atoms with Crippen molar-refractivity contribution in [1.29, 1.82) is 0 Å². The number of halogens is 4. The summed E-state index contributed by atoms with van der Waals surface area (Å²) in [7, 11) is 0. The van der Waals surface area contributed by atoms with Crippen LogP contribution < -0.4 is 0 Å². The SMILES string of the molecule is O=C(O)Cc1c(C(F)F)cnc(CBr)c1I. The first-order valence-corrected chi connectivity index (χ1v) is 6.39. The number of hydrogen-bond acceptors (Lipinski definition) is 2. The lowest BCUT2D eigenvalue weighted by molar-refractivity contribution is -0.136. The average molecular weight is 406 g/mol. The maximum absolute atomic E-state index is 12.6. The Labute approximate surface area is 113 Å². The van der Waals surface area contributed by atoms with Crippen molar-refractivity contribution in [3.8, 4) is 0 Å². The number of carboxylic acid groups (broad SMARTS) is 1. The van der Waals surface area contributed by atoms with Crippen molar-refractivity contribution in [1.82, 2.24) is 4.98 Å². The van der Waals surface area contributed by atoms with E-state index in [1.807, 2.05) is 22.6 Å². The standard InChI is InChI=1S/C9H7BrF2INO2/c10-2-6-8(13)4(1-7(15)16)5(3-14-6)9(11)12/h3,9H,1-2H2,(H,15,16). The van der Waals surface area contributed by atoms with Crippen LogP contribution in [0.2, 0.25) is 0 Å². The minimum Gasteiger partial charge on any atom is -0.481 e. The number of carbonyl (C=O) groups is 1. The molecule has 1 aromatic rings. The highest BCUT2D eigenvalue weighted by molar-refractivity contribution is 14.1. The smallest absolute Gasteiger partial charge is 0.307 e. The van der Waals surface area contributed by atoms with E-state index in [2.05, 4.69) is 20.9 Å². The van der Waals surface area contributed by atoms with Crippen molar-refractivity contribution in [2.45, 2.75) is 18.2 Å². The van der Waals surface area contributed by atoms with Crippen molar-refractivity contribution < 1.29 is 18.7 Å². The van der Waals surface area contributed by atoms with E-state index in [0.717, 1.165) is 6.20 Å². The van der Waals surface area contributed by atoms with Crippen LogP contribution in [0.25, 0.3) is 0 Å². The summed E-state index contributed by atoms with van der Waals surface area (Å²) in [6, 6.07) is 0. The Bertz CT molecular complexity index is 415. The van der Waals surface area contributed by atoms with E-state index < -0.39 is 18.8 Å². The van der Waals surface area contributed by atoms with Crippen LogP contribution in [0.15, 0.2) is 6.20 Å². The predicted octanol–water partition coefficient (Wildman–Crippen LogP) is 3.15. The Morgan fingerprint density at radius 1 is 1.62 bits per heavy atom. The Morgan fingerprint density at radius 2 is 2.25 bits per heavy atom. The molecule has 1 N–H and O–H groups in total. The van der Waals surface area contributed by atoms with Crippen molar-refractivity contribution >= 4 is 44.5 Å². The first-order chi connectivity index (χ1) is 7.47. The lowest BCUT2D eigenvalue weighted by Crippen LogP contribution is -2.09. The Balaban J connectivity index is 3.30. The summed E-state index contributed by atoms with van der Waals surface area (Å²) in [4.78, 5) is 14.5. The topological polar surface area (TPSA) is 50.2 Å². The summed E-state index contributed by atoms with van der Waals surface area (Å²) in [5.74, 6) is -1.13. The van der Waals surface area contributed by atoms with Gasteiger partial charge in [-0.2, -0.15) is 0 Å². The first-order valence-electron chi connectivity index (χ1n) is 4.19. The van der Waals surface area contributed by atoms with Crippen LogP contribution in [0.3, 0.4) is 0 Å². The highest BCUT2D eigenvalue weighted by atomic mass is 127. The fourth-order valence-corrected chi connectivity index (χ4v) is 2.98. The van der Waals surface area contributed by atoms with Gasteiger partial charge in [-0.1, -0.05) is 15.9 Å². The Morgan fingerprint density at radius 3 is 2.69 bits per heavy atom. The molecule has 1 heterocycles. The van der Waals surface area contributed by atoms with Crippen LogP contribution in [0.4, 0.5) is 8.78 Å². The molecule has 0 radical (unpaired) electrons. The van der Waals surface area contributed by atoms with E-state index in [1.165, 1.54) is 0 Å². The number of nitrogens with zero attached hydrogens (tertiary/aromatic N) is 1. The van der Waals surface area contributed by atoms with E-state index in [1.54, 1.807) is 0 Å². The lowest BCUT2D eigenvalue weighted by Gasteiger charge is -2.11. The van der Waals surface area contributed by atoms with Crippen LogP contribution in [0.1, 0.15) is 23.2 Å². The summed E-state index contributed by atoms with van der Waals surface area (Å²) >= 11 is 5.01. The average Bonchev–Trinajstić information content (AvgIpc) is 2.19. The molecule has 1 aromatic heterocycles. The van der Waals surface area contributed by atoms with Crippen LogP contribution in [-0.2, 0) is 16.5 Å². The van der Waals surface area contributed by atoms with Gasteiger partial charge in [-0.15, -0.1) is 0 Å². The molecule has 0 aliphatic carbocycles. The van der Waals surface area contributed by atoms with Crippen LogP contribution in [-0.4, -0.2) is 16.1 Å². The zero-order valence-electron chi connectivity index (χ0n) is 7.88. The molecule has 0 aliphatic rings. The highest BCUT2D eigenvalue weighted by Gasteiger charge is 2.20. The fraction of sp³-hybridized carbons (Fsp3) is 0.333. The molecule has 3 nitrogen and oxygen atoms in total. The number of aromatic nitrogens is 1. The molecule has 0 spiro atoms. The van der Waals surface area contributed by atoms with Crippen molar-refractivity contribution in [2.24, 2.45) is 0 Å². The molecule has 0 unspecified atom stereocenters. The Hall–Kier alpha value is -0.310. The second kappa shape index (κ2) is 5.85. The van der Waals surface area contributed by atoms with E-state index in [4.69, 9.17) is 5.11 Å². The molecule has 0 amide bonds. The van der Waals surface area contributed by atoms with Gasteiger partial charge < -0.3 is 5.11 Å². The maximum Gasteiger partial charge on any atom is 0.307 e. The van der Waals surface area contributed by atoms with Gasteiger partial charge in [0.15, 0.2) is 0 Å². The summed E-state index contributed by atoms with van der Waals surface area (Å²) < 4.78 is 25.8. The number of alkyl halides is 3. The second-order valence-corrected chi connectivity index (χ2v) is 4.60. The molecular formula is C9H7BrF2INO2. The second-order valence-electron chi connectivity index (χ2n) is 2.96. The van der Waals surface area contributed by atoms with Crippen molar-refractivity contribution in [3.63, 3.8) is 0 Å². The molecule has 1 rings (SSSR count). The quantitative estimate of drug-likeness (QED) is 0.618. The Kier molecular flexibility index (Phi) is 5.03. The van der Waals surface area contributed by atoms with Gasteiger partial charge in [-0.05, 0) is 28.2 Å². The number of aliphatic carboxylic acids is 1. The largest absolute Gasteiger partial charge is 0.481 e. The summed E-state index contributed by atoms with van der Waals surface area (Å²) in [5.41, 5.74) is 0.408. The number of rotatable bonds is 4. The van der Waals surface area contributed by atoms with E-state index >= 15 is 0 Å². The minimum atomic E-state index is -2.71. The number of hydrogen-bond donors (Lipinski definition) is 1. The predicted molar refractivity (Wildman–Crippen MR) is 65.9 cm³/mol. The molecule has 16 heavy (non-hydrogen) atoms. The third-order valence-electron chi connectivity index (χ3n) is 1.92. The molecular weight excluding hydrogens is 399 g/mol. The molecule has 0 aromatic carbocycles. The van der Waals surface area contributed by atoms with Gasteiger partial charge >= 0.3 is 5.97 Å². The van der Waals surface area contributed by atoms with Gasteiger partial charge in [-0.3, -0.25) is 9.78 Å². The zero-order chi connectivity index (χ0) is 12.3. The number of carboxylic acids is 1. The van der Waals surface area contributed by atoms with E-state index in [-0.39, 0.29) is 11.1 Å². The molecule has 0 saturated carbocycles. The molecule has 0 aliphatic heterocycles. The van der Waals surface area contributed by atoms with Crippen molar-refractivity contribution in [3.05, 3.63) is 26.6 Å². The van der Waals surface area contributed by atoms with Crippen LogP contribution in [0.5, 0.6) is 0 Å². The van der Waals surface area contributed by atoms with Gasteiger partial charge in [0.05, 0.1) is 12.1 Å². The highest BCUT2D eigenvalue weighted by Crippen LogP contribution is 2.28. The minimum absolute atomic E-state index is 0.146. The molecule has 7 heteroatoms. The van der Waals surface area contributed by atoms with E-state index in [0.29, 0.717) is 14.6 Å². The van der Waals surface area contributed by atoms with Gasteiger partial charge in [0.25, 0.3) is 6.43 Å². The molecule has 0 bridgehead atoms.